The van der Waals surface area contributed by atoms with Crippen LogP contribution in [0.2, 0.25) is 0 Å². The molecule has 5 heteroatoms. The molecule has 1 aromatic heterocycles. The summed E-state index contributed by atoms with van der Waals surface area (Å²) in [5, 5.41) is 0. The lowest BCUT2D eigenvalue weighted by molar-refractivity contribution is 0.245. The van der Waals surface area contributed by atoms with Crippen LogP contribution in [0.1, 0.15) is 30.1 Å². The summed E-state index contributed by atoms with van der Waals surface area (Å²) >= 11 is 0. The van der Waals surface area contributed by atoms with Crippen LogP contribution in [-0.2, 0) is 6.54 Å². The highest BCUT2D eigenvalue weighted by Gasteiger charge is 2.27. The molecule has 0 N–H and O–H groups in total. The molecule has 1 saturated heterocycles. The van der Waals surface area contributed by atoms with Crippen LogP contribution in [0.15, 0.2) is 59.2 Å². The van der Waals surface area contributed by atoms with E-state index in [-0.39, 0.29) is 5.82 Å². The number of hydrogen-bond donors (Lipinski definition) is 0. The number of halogens is 1. The molecule has 0 aliphatic carbocycles. The summed E-state index contributed by atoms with van der Waals surface area (Å²) in [5.41, 5.74) is 2.77. The van der Waals surface area contributed by atoms with Gasteiger partial charge in [0.15, 0.2) is 0 Å². The minimum atomic E-state index is -0.292. The van der Waals surface area contributed by atoms with Crippen LogP contribution >= 0.6 is 0 Å². The highest BCUT2D eigenvalue weighted by atomic mass is 19.1. The molecule has 0 radical (unpaired) electrons. The SMILES string of the molecule is COc1cccc([C@H]2CCCN2Cc2coc(-c3cccc(F)c3)n2)c1. The van der Waals surface area contributed by atoms with E-state index in [2.05, 4.69) is 22.0 Å². The fourth-order valence-electron chi connectivity index (χ4n) is 3.58. The third kappa shape index (κ3) is 3.48. The van der Waals surface area contributed by atoms with Crippen molar-refractivity contribution in [1.82, 2.24) is 9.88 Å². The standard InChI is InChI=1S/C21H21FN2O2/c1-25-19-8-3-5-15(12-19)20-9-4-10-24(20)13-18-14-26-21(23-18)16-6-2-7-17(22)11-16/h2-3,5-8,11-12,14,20H,4,9-10,13H2,1H3/t20-/m1/s1. The molecule has 0 bridgehead atoms. The smallest absolute Gasteiger partial charge is 0.226 e. The van der Waals surface area contributed by atoms with E-state index in [0.29, 0.717) is 24.0 Å². The van der Waals surface area contributed by atoms with Gasteiger partial charge in [-0.1, -0.05) is 18.2 Å². The summed E-state index contributed by atoms with van der Waals surface area (Å²) in [6.45, 7) is 1.73. The van der Waals surface area contributed by atoms with Crippen LogP contribution in [0.3, 0.4) is 0 Å². The maximum atomic E-state index is 13.4. The van der Waals surface area contributed by atoms with E-state index in [1.807, 2.05) is 12.1 Å². The second-order valence-electron chi connectivity index (χ2n) is 6.56. The maximum absolute atomic E-state index is 13.4. The zero-order chi connectivity index (χ0) is 17.9. The third-order valence-corrected chi connectivity index (χ3v) is 4.83. The normalized spacial score (nSPS) is 17.5. The molecule has 2 heterocycles. The van der Waals surface area contributed by atoms with Crippen LogP contribution in [-0.4, -0.2) is 23.5 Å². The molecule has 1 aliphatic heterocycles. The second kappa shape index (κ2) is 7.30. The summed E-state index contributed by atoms with van der Waals surface area (Å²) in [4.78, 5) is 6.95. The first-order valence-electron chi connectivity index (χ1n) is 8.81. The van der Waals surface area contributed by atoms with E-state index in [9.17, 15) is 4.39 Å². The molecule has 4 nitrogen and oxygen atoms in total. The van der Waals surface area contributed by atoms with Gasteiger partial charge in [-0.25, -0.2) is 9.37 Å². The second-order valence-corrected chi connectivity index (χ2v) is 6.56. The van der Waals surface area contributed by atoms with Crippen molar-refractivity contribution in [3.05, 3.63) is 71.9 Å². The topological polar surface area (TPSA) is 38.5 Å². The number of rotatable bonds is 5. The zero-order valence-corrected chi connectivity index (χ0v) is 14.7. The van der Waals surface area contributed by atoms with E-state index in [1.54, 1.807) is 25.5 Å². The average molecular weight is 352 g/mol. The van der Waals surface area contributed by atoms with Crippen molar-refractivity contribution >= 4 is 0 Å². The maximum Gasteiger partial charge on any atom is 0.226 e. The van der Waals surface area contributed by atoms with Gasteiger partial charge in [0, 0.05) is 18.2 Å². The van der Waals surface area contributed by atoms with Crippen LogP contribution in [0.5, 0.6) is 5.75 Å². The van der Waals surface area contributed by atoms with Crippen LogP contribution in [0.4, 0.5) is 4.39 Å². The summed E-state index contributed by atoms with van der Waals surface area (Å²) < 4.78 is 24.3. The first kappa shape index (κ1) is 16.8. The molecule has 0 unspecified atom stereocenters. The number of nitrogens with zero attached hydrogens (tertiary/aromatic N) is 2. The van der Waals surface area contributed by atoms with Crippen molar-refractivity contribution in [2.45, 2.75) is 25.4 Å². The summed E-state index contributed by atoms with van der Waals surface area (Å²) in [5.74, 6) is 1.04. The van der Waals surface area contributed by atoms with Gasteiger partial charge < -0.3 is 9.15 Å². The predicted molar refractivity (Wildman–Crippen MR) is 97.3 cm³/mol. The van der Waals surface area contributed by atoms with Gasteiger partial charge in [0.05, 0.1) is 12.8 Å². The van der Waals surface area contributed by atoms with Gasteiger partial charge in [0.25, 0.3) is 0 Å². The molecular weight excluding hydrogens is 331 g/mol. The van der Waals surface area contributed by atoms with Crippen molar-refractivity contribution in [3.63, 3.8) is 0 Å². The van der Waals surface area contributed by atoms with Gasteiger partial charge in [-0.15, -0.1) is 0 Å². The molecule has 1 aliphatic rings. The number of benzene rings is 2. The Labute approximate surface area is 152 Å². The highest BCUT2D eigenvalue weighted by Crippen LogP contribution is 2.34. The Morgan fingerprint density at radius 1 is 1.23 bits per heavy atom. The Kier molecular flexibility index (Phi) is 4.71. The zero-order valence-electron chi connectivity index (χ0n) is 14.7. The lowest BCUT2D eigenvalue weighted by Crippen LogP contribution is -2.22. The monoisotopic (exact) mass is 352 g/mol. The molecule has 134 valence electrons. The Morgan fingerprint density at radius 3 is 2.96 bits per heavy atom. The molecule has 1 fully saturated rings. The fourth-order valence-corrected chi connectivity index (χ4v) is 3.58. The largest absolute Gasteiger partial charge is 0.497 e. The van der Waals surface area contributed by atoms with Crippen molar-refractivity contribution < 1.29 is 13.5 Å². The van der Waals surface area contributed by atoms with Gasteiger partial charge in [-0.3, -0.25) is 4.90 Å². The summed E-state index contributed by atoms with van der Waals surface area (Å²) in [6, 6.07) is 14.9. The molecule has 3 aromatic rings. The Hall–Kier alpha value is -2.66. The van der Waals surface area contributed by atoms with Gasteiger partial charge in [-0.2, -0.15) is 0 Å². The molecule has 26 heavy (non-hydrogen) atoms. The summed E-state index contributed by atoms with van der Waals surface area (Å²) in [6.07, 6.45) is 3.93. The Bertz CT molecular complexity index is 893. The first-order chi connectivity index (χ1) is 12.7. The minimum absolute atomic E-state index is 0.292. The number of likely N-dealkylation sites (tertiary alicyclic amines) is 1. The van der Waals surface area contributed by atoms with Crippen molar-refractivity contribution in [1.29, 1.82) is 0 Å². The molecule has 1 atom stereocenters. The number of aromatic nitrogens is 1. The van der Waals surface area contributed by atoms with Crippen LogP contribution in [0.25, 0.3) is 11.5 Å². The van der Waals surface area contributed by atoms with E-state index in [1.165, 1.54) is 17.7 Å². The van der Waals surface area contributed by atoms with Crippen molar-refractivity contribution in [3.8, 4) is 17.2 Å². The number of oxazole rings is 1. The number of hydrogen-bond acceptors (Lipinski definition) is 4. The molecule has 2 aromatic carbocycles. The lowest BCUT2D eigenvalue weighted by Gasteiger charge is -2.24. The lowest BCUT2D eigenvalue weighted by atomic mass is 10.0. The number of ether oxygens (including phenoxy) is 1. The highest BCUT2D eigenvalue weighted by molar-refractivity contribution is 5.52. The molecule has 0 amide bonds. The van der Waals surface area contributed by atoms with Gasteiger partial charge in [-0.05, 0) is 55.3 Å². The third-order valence-electron chi connectivity index (χ3n) is 4.83. The molecule has 4 rings (SSSR count). The molecule has 0 saturated carbocycles. The van der Waals surface area contributed by atoms with E-state index >= 15 is 0 Å². The van der Waals surface area contributed by atoms with E-state index in [4.69, 9.17) is 9.15 Å². The van der Waals surface area contributed by atoms with Crippen LogP contribution in [0, 0.1) is 5.82 Å². The van der Waals surface area contributed by atoms with Crippen molar-refractivity contribution in [2.75, 3.05) is 13.7 Å². The molecular formula is C21H21FN2O2. The Balaban J connectivity index is 1.51. The average Bonchev–Trinajstić information content (AvgIpc) is 3.32. The predicted octanol–water partition coefficient (Wildman–Crippen LogP) is 4.83. The van der Waals surface area contributed by atoms with Gasteiger partial charge in [0.1, 0.15) is 17.8 Å². The van der Waals surface area contributed by atoms with Gasteiger partial charge in [0.2, 0.25) is 5.89 Å². The van der Waals surface area contributed by atoms with E-state index in [0.717, 1.165) is 30.8 Å². The van der Waals surface area contributed by atoms with Crippen molar-refractivity contribution in [2.24, 2.45) is 0 Å². The first-order valence-corrected chi connectivity index (χ1v) is 8.81. The minimum Gasteiger partial charge on any atom is -0.497 e. The van der Waals surface area contributed by atoms with E-state index < -0.39 is 0 Å². The number of methoxy groups -OCH3 is 1. The Morgan fingerprint density at radius 2 is 2.12 bits per heavy atom. The molecule has 0 spiro atoms. The van der Waals surface area contributed by atoms with Gasteiger partial charge >= 0.3 is 0 Å². The quantitative estimate of drug-likeness (QED) is 0.659. The fraction of sp³-hybridized carbons (Fsp3) is 0.286. The van der Waals surface area contributed by atoms with Crippen LogP contribution < -0.4 is 4.74 Å². The summed E-state index contributed by atoms with van der Waals surface area (Å²) in [7, 11) is 1.69.